The number of carbonyl (C=O) groups excluding carboxylic acids is 1. The Hall–Kier alpha value is -3.42. The number of hydrogen-bond donors (Lipinski definition) is 1. The Labute approximate surface area is 229 Å². The monoisotopic (exact) mass is 584 g/mol. The van der Waals surface area contributed by atoms with Crippen molar-refractivity contribution < 1.29 is 19.0 Å². The smallest absolute Gasteiger partial charge is 0.268 e. The average Bonchev–Trinajstić information content (AvgIpc) is 3.32. The molecule has 0 unspecified atom stereocenters. The third-order valence-electron chi connectivity index (χ3n) is 5.24. The topological polar surface area (TPSA) is 106 Å². The Balaban J connectivity index is 1.64. The summed E-state index contributed by atoms with van der Waals surface area (Å²) in [5, 5.41) is 21.2. The molecule has 0 aliphatic carbocycles. The molecule has 0 atom stereocenters. The largest absolute Gasteiger partial charge is 0.493 e. The molecule has 0 aliphatic heterocycles. The van der Waals surface area contributed by atoms with Crippen LogP contribution < -0.4 is 19.5 Å². The van der Waals surface area contributed by atoms with Crippen molar-refractivity contribution in [3.8, 4) is 23.3 Å². The van der Waals surface area contributed by atoms with Crippen LogP contribution in [0.15, 0.2) is 46.4 Å². The van der Waals surface area contributed by atoms with E-state index in [-0.39, 0.29) is 11.0 Å². The first-order valence-corrected chi connectivity index (χ1v) is 13.2. The van der Waals surface area contributed by atoms with Crippen LogP contribution in [0.5, 0.6) is 17.2 Å². The standard InChI is InChI=1S/C27H29BrN4O4S/c1-6-23-31-32-26(37-23)30-25(33)18(16-29)13-17-14-21(28)24(22(15-17)34-5)36-12-11-35-20-9-7-19(8-10-20)27(2,3)4/h7-10,13-15H,6,11-12H2,1-5H3,(H,30,32,33). The lowest BCUT2D eigenvalue weighted by Crippen LogP contribution is -2.13. The van der Waals surface area contributed by atoms with E-state index in [0.29, 0.717) is 46.3 Å². The zero-order valence-electron chi connectivity index (χ0n) is 21.4. The van der Waals surface area contributed by atoms with Crippen molar-refractivity contribution in [2.75, 3.05) is 25.6 Å². The van der Waals surface area contributed by atoms with E-state index in [1.807, 2.05) is 25.1 Å². The average molecular weight is 586 g/mol. The summed E-state index contributed by atoms with van der Waals surface area (Å²) in [6.45, 7) is 9.09. The van der Waals surface area contributed by atoms with E-state index in [1.165, 1.54) is 30.1 Å². The van der Waals surface area contributed by atoms with Gasteiger partial charge in [0.25, 0.3) is 5.91 Å². The number of carbonyl (C=O) groups is 1. The minimum atomic E-state index is -0.565. The van der Waals surface area contributed by atoms with Crippen LogP contribution in [0.1, 0.15) is 43.8 Å². The van der Waals surface area contributed by atoms with Gasteiger partial charge in [-0.15, -0.1) is 10.2 Å². The number of anilines is 1. The highest BCUT2D eigenvalue weighted by molar-refractivity contribution is 9.10. The lowest BCUT2D eigenvalue weighted by atomic mass is 9.87. The van der Waals surface area contributed by atoms with Crippen molar-refractivity contribution in [2.45, 2.75) is 39.5 Å². The number of amides is 1. The fourth-order valence-corrected chi connectivity index (χ4v) is 4.49. The summed E-state index contributed by atoms with van der Waals surface area (Å²) in [4.78, 5) is 12.6. The first-order chi connectivity index (χ1) is 17.6. The molecule has 0 saturated carbocycles. The molecule has 2 aromatic carbocycles. The van der Waals surface area contributed by atoms with Gasteiger partial charge in [-0.25, -0.2) is 0 Å². The van der Waals surface area contributed by atoms with Crippen LogP contribution in [0.2, 0.25) is 0 Å². The van der Waals surface area contributed by atoms with Gasteiger partial charge in [-0.3, -0.25) is 10.1 Å². The van der Waals surface area contributed by atoms with Crippen LogP contribution in [0.25, 0.3) is 6.08 Å². The second-order valence-corrected chi connectivity index (χ2v) is 10.9. The Morgan fingerprint density at radius 1 is 1.16 bits per heavy atom. The Kier molecular flexibility index (Phi) is 9.66. The van der Waals surface area contributed by atoms with Crippen LogP contribution in [-0.2, 0) is 16.6 Å². The van der Waals surface area contributed by atoms with Crippen molar-refractivity contribution in [1.82, 2.24) is 10.2 Å². The zero-order valence-corrected chi connectivity index (χ0v) is 23.8. The Bertz CT molecular complexity index is 1310. The van der Waals surface area contributed by atoms with Gasteiger partial charge in [-0.2, -0.15) is 5.26 Å². The molecule has 0 bridgehead atoms. The molecular weight excluding hydrogens is 556 g/mol. The third-order valence-corrected chi connectivity index (χ3v) is 6.81. The predicted octanol–water partition coefficient (Wildman–Crippen LogP) is 6.17. The number of hydrogen-bond acceptors (Lipinski definition) is 8. The number of nitrogens with zero attached hydrogens (tertiary/aromatic N) is 3. The maximum atomic E-state index is 12.6. The summed E-state index contributed by atoms with van der Waals surface area (Å²) in [7, 11) is 1.52. The highest BCUT2D eigenvalue weighted by atomic mass is 79.9. The van der Waals surface area contributed by atoms with Gasteiger partial charge in [0.05, 0.1) is 11.6 Å². The zero-order chi connectivity index (χ0) is 27.0. The van der Waals surface area contributed by atoms with Crippen LogP contribution in [0.4, 0.5) is 5.13 Å². The normalized spacial score (nSPS) is 11.5. The van der Waals surface area contributed by atoms with Gasteiger partial charge >= 0.3 is 0 Å². The SMILES string of the molecule is CCc1nnc(NC(=O)C(C#N)=Cc2cc(Br)c(OCCOc3ccc(C(C)(C)C)cc3)c(OC)c2)s1. The molecule has 1 aromatic heterocycles. The molecule has 0 radical (unpaired) electrons. The van der Waals surface area contributed by atoms with Gasteiger partial charge in [-0.05, 0) is 69.2 Å². The van der Waals surface area contributed by atoms with Crippen molar-refractivity contribution >= 4 is 44.4 Å². The molecule has 37 heavy (non-hydrogen) atoms. The number of aromatic nitrogens is 2. The summed E-state index contributed by atoms with van der Waals surface area (Å²) in [6, 6.07) is 13.4. The molecule has 0 spiro atoms. The predicted molar refractivity (Wildman–Crippen MR) is 148 cm³/mol. The minimum Gasteiger partial charge on any atom is -0.493 e. The fraction of sp³-hybridized carbons (Fsp3) is 0.333. The number of benzene rings is 2. The second kappa shape index (κ2) is 12.7. The number of rotatable bonds is 10. The molecule has 8 nitrogen and oxygen atoms in total. The molecule has 194 valence electrons. The van der Waals surface area contributed by atoms with Gasteiger partial charge in [0.15, 0.2) is 11.5 Å². The number of nitrogens with one attached hydrogen (secondary N) is 1. The first kappa shape index (κ1) is 28.2. The van der Waals surface area contributed by atoms with Gasteiger partial charge in [0, 0.05) is 0 Å². The highest BCUT2D eigenvalue weighted by Crippen LogP contribution is 2.37. The molecule has 1 heterocycles. The molecule has 1 amide bonds. The lowest BCUT2D eigenvalue weighted by molar-refractivity contribution is -0.112. The van der Waals surface area contributed by atoms with E-state index >= 15 is 0 Å². The van der Waals surface area contributed by atoms with Gasteiger partial charge < -0.3 is 14.2 Å². The van der Waals surface area contributed by atoms with Crippen molar-refractivity contribution in [3.63, 3.8) is 0 Å². The van der Waals surface area contributed by atoms with Crippen molar-refractivity contribution in [1.29, 1.82) is 5.26 Å². The number of ether oxygens (including phenoxy) is 3. The Morgan fingerprint density at radius 3 is 2.46 bits per heavy atom. The first-order valence-electron chi connectivity index (χ1n) is 11.6. The van der Waals surface area contributed by atoms with E-state index in [2.05, 4.69) is 64.3 Å². The maximum Gasteiger partial charge on any atom is 0.268 e. The summed E-state index contributed by atoms with van der Waals surface area (Å²) in [5.41, 5.74) is 1.83. The van der Waals surface area contributed by atoms with E-state index in [0.717, 1.165) is 10.8 Å². The summed E-state index contributed by atoms with van der Waals surface area (Å²) in [5.74, 6) is 1.15. The van der Waals surface area contributed by atoms with Crippen LogP contribution in [0.3, 0.4) is 0 Å². The Morgan fingerprint density at radius 2 is 1.86 bits per heavy atom. The van der Waals surface area contributed by atoms with E-state index in [1.54, 1.807) is 12.1 Å². The lowest BCUT2D eigenvalue weighted by Gasteiger charge is -2.19. The van der Waals surface area contributed by atoms with Crippen LogP contribution >= 0.6 is 27.3 Å². The molecule has 0 aliphatic rings. The van der Waals surface area contributed by atoms with Crippen LogP contribution in [0, 0.1) is 11.3 Å². The van der Waals surface area contributed by atoms with Crippen LogP contribution in [-0.4, -0.2) is 36.4 Å². The number of methoxy groups -OCH3 is 1. The molecule has 1 N–H and O–H groups in total. The quantitative estimate of drug-likeness (QED) is 0.172. The maximum absolute atomic E-state index is 12.6. The van der Waals surface area contributed by atoms with Crippen molar-refractivity contribution in [3.05, 3.63) is 62.6 Å². The molecule has 3 rings (SSSR count). The number of aryl methyl sites for hydroxylation is 1. The molecule has 3 aromatic rings. The summed E-state index contributed by atoms with van der Waals surface area (Å²) in [6.07, 6.45) is 2.19. The van der Waals surface area contributed by atoms with Gasteiger partial charge in [0.2, 0.25) is 5.13 Å². The molecule has 10 heteroatoms. The third kappa shape index (κ3) is 7.78. The number of halogens is 1. The molecule has 0 fully saturated rings. The van der Waals surface area contributed by atoms with Gasteiger partial charge in [0.1, 0.15) is 35.6 Å². The number of nitriles is 1. The minimum absolute atomic E-state index is 0.0817. The highest BCUT2D eigenvalue weighted by Gasteiger charge is 2.16. The molecule has 0 saturated heterocycles. The second-order valence-electron chi connectivity index (χ2n) is 8.98. The van der Waals surface area contributed by atoms with Gasteiger partial charge in [-0.1, -0.05) is 51.2 Å². The van der Waals surface area contributed by atoms with E-state index in [4.69, 9.17) is 14.2 Å². The fourth-order valence-electron chi connectivity index (χ4n) is 3.24. The van der Waals surface area contributed by atoms with E-state index in [9.17, 15) is 10.1 Å². The molecular formula is C27H29BrN4O4S. The summed E-state index contributed by atoms with van der Waals surface area (Å²) < 4.78 is 17.8. The summed E-state index contributed by atoms with van der Waals surface area (Å²) >= 11 is 4.77. The van der Waals surface area contributed by atoms with Crippen molar-refractivity contribution in [2.24, 2.45) is 0 Å². The van der Waals surface area contributed by atoms with E-state index < -0.39 is 5.91 Å².